The van der Waals surface area contributed by atoms with Crippen molar-refractivity contribution in [3.05, 3.63) is 96.6 Å². The van der Waals surface area contributed by atoms with Gasteiger partial charge in [0.2, 0.25) is 0 Å². The molecule has 0 fully saturated rings. The summed E-state index contributed by atoms with van der Waals surface area (Å²) in [5, 5.41) is 11.7. The SMILES string of the molecule is CCCCOC(=O)C(CSCc1ccc(-c2ccc(-c3cccc4c3oc3ccccc34)cc2)cc1)C(=O)O. The van der Waals surface area contributed by atoms with Crippen molar-refractivity contribution in [2.45, 2.75) is 25.5 Å². The summed E-state index contributed by atoms with van der Waals surface area (Å²) < 4.78 is 11.3. The van der Waals surface area contributed by atoms with Crippen LogP contribution in [-0.2, 0) is 20.1 Å². The van der Waals surface area contributed by atoms with E-state index in [1.54, 1.807) is 0 Å². The fraction of sp³-hybridized carbons (Fsp3) is 0.212. The summed E-state index contributed by atoms with van der Waals surface area (Å²) in [6.45, 7) is 2.25. The Balaban J connectivity index is 1.23. The van der Waals surface area contributed by atoms with Gasteiger partial charge in [-0.15, -0.1) is 0 Å². The van der Waals surface area contributed by atoms with Crippen molar-refractivity contribution in [1.29, 1.82) is 0 Å². The first-order chi connectivity index (χ1) is 19.0. The van der Waals surface area contributed by atoms with Crippen LogP contribution in [0.25, 0.3) is 44.2 Å². The number of hydrogen-bond donors (Lipinski definition) is 1. The zero-order valence-corrected chi connectivity index (χ0v) is 22.6. The van der Waals surface area contributed by atoms with Crippen LogP contribution in [0.5, 0.6) is 0 Å². The van der Waals surface area contributed by atoms with E-state index >= 15 is 0 Å². The van der Waals surface area contributed by atoms with Crippen LogP contribution in [0.2, 0.25) is 0 Å². The molecular weight excluding hydrogens is 508 g/mol. The van der Waals surface area contributed by atoms with Gasteiger partial charge in [0, 0.05) is 27.8 Å². The van der Waals surface area contributed by atoms with E-state index in [0.29, 0.717) is 5.75 Å². The number of furan rings is 1. The van der Waals surface area contributed by atoms with E-state index in [0.717, 1.165) is 62.6 Å². The highest BCUT2D eigenvalue weighted by atomic mass is 32.2. The molecule has 6 heteroatoms. The molecular formula is C33H30O5S. The lowest BCUT2D eigenvalue weighted by Crippen LogP contribution is -2.28. The number of rotatable bonds is 11. The normalized spacial score (nSPS) is 12.0. The van der Waals surface area contributed by atoms with E-state index in [1.165, 1.54) is 11.8 Å². The van der Waals surface area contributed by atoms with Crippen molar-refractivity contribution in [2.75, 3.05) is 12.4 Å². The van der Waals surface area contributed by atoms with Crippen molar-refractivity contribution in [2.24, 2.45) is 5.92 Å². The van der Waals surface area contributed by atoms with Gasteiger partial charge in [-0.1, -0.05) is 98.3 Å². The summed E-state index contributed by atoms with van der Waals surface area (Å²) in [4.78, 5) is 23.6. The van der Waals surface area contributed by atoms with Gasteiger partial charge >= 0.3 is 11.9 Å². The van der Waals surface area contributed by atoms with E-state index < -0.39 is 17.9 Å². The number of hydrogen-bond acceptors (Lipinski definition) is 5. The number of fused-ring (bicyclic) bond motifs is 3. The Labute approximate surface area is 231 Å². The smallest absolute Gasteiger partial charge is 0.321 e. The van der Waals surface area contributed by atoms with Crippen LogP contribution in [0.4, 0.5) is 0 Å². The van der Waals surface area contributed by atoms with Crippen LogP contribution in [-0.4, -0.2) is 29.4 Å². The molecule has 1 heterocycles. The van der Waals surface area contributed by atoms with Gasteiger partial charge in [-0.2, -0.15) is 11.8 Å². The van der Waals surface area contributed by atoms with Crippen molar-refractivity contribution < 1.29 is 23.8 Å². The summed E-state index contributed by atoms with van der Waals surface area (Å²) in [7, 11) is 0. The highest BCUT2D eigenvalue weighted by Gasteiger charge is 2.27. The molecule has 4 aromatic carbocycles. The van der Waals surface area contributed by atoms with Gasteiger partial charge in [0.25, 0.3) is 0 Å². The summed E-state index contributed by atoms with van der Waals surface area (Å²) in [5.74, 6) is -2.14. The molecule has 198 valence electrons. The molecule has 0 saturated carbocycles. The van der Waals surface area contributed by atoms with Gasteiger partial charge in [-0.25, -0.2) is 0 Å². The maximum atomic E-state index is 12.1. The number of para-hydroxylation sites is 2. The Kier molecular flexibility index (Phi) is 8.33. The Hall–Kier alpha value is -4.03. The van der Waals surface area contributed by atoms with E-state index in [9.17, 15) is 14.7 Å². The first-order valence-corrected chi connectivity index (χ1v) is 14.3. The lowest BCUT2D eigenvalue weighted by atomic mass is 9.98. The Morgan fingerprint density at radius 3 is 2.23 bits per heavy atom. The number of carboxylic acid groups (broad SMARTS) is 1. The van der Waals surface area contributed by atoms with Crippen LogP contribution >= 0.6 is 11.8 Å². The third-order valence-electron chi connectivity index (χ3n) is 6.77. The van der Waals surface area contributed by atoms with E-state index in [2.05, 4.69) is 60.7 Å². The number of benzene rings is 4. The zero-order valence-electron chi connectivity index (χ0n) is 21.8. The molecule has 1 atom stereocenters. The molecule has 0 aliphatic rings. The number of carbonyl (C=O) groups excluding carboxylic acids is 1. The monoisotopic (exact) mass is 538 g/mol. The number of aliphatic carboxylic acids is 1. The molecule has 1 unspecified atom stereocenters. The predicted molar refractivity (Wildman–Crippen MR) is 158 cm³/mol. The summed E-state index contributed by atoms with van der Waals surface area (Å²) >= 11 is 1.42. The standard InChI is InChI=1S/C33H30O5S/c1-2-3-19-37-33(36)29(32(34)35)21-39-20-22-11-13-23(14-12-22)24-15-17-25(18-16-24)26-8-6-9-28-27-7-4-5-10-30(27)38-31(26)28/h4-18,29H,2-3,19-21H2,1H3,(H,34,35). The average molecular weight is 539 g/mol. The maximum absolute atomic E-state index is 12.1. The fourth-order valence-corrected chi connectivity index (χ4v) is 5.62. The van der Waals surface area contributed by atoms with Crippen LogP contribution in [0.15, 0.2) is 95.4 Å². The third-order valence-corrected chi connectivity index (χ3v) is 7.87. The topological polar surface area (TPSA) is 76.7 Å². The first-order valence-electron chi connectivity index (χ1n) is 13.1. The molecule has 5 aromatic rings. The van der Waals surface area contributed by atoms with Crippen LogP contribution in [0.3, 0.4) is 0 Å². The molecule has 1 aromatic heterocycles. The van der Waals surface area contributed by atoms with Gasteiger partial charge in [0.15, 0.2) is 5.92 Å². The van der Waals surface area contributed by atoms with Crippen molar-refractivity contribution in [3.63, 3.8) is 0 Å². The minimum absolute atomic E-state index is 0.182. The Bertz CT molecular complexity index is 1580. The van der Waals surface area contributed by atoms with Crippen molar-refractivity contribution >= 4 is 45.6 Å². The van der Waals surface area contributed by atoms with Crippen LogP contribution in [0.1, 0.15) is 25.3 Å². The molecule has 0 bridgehead atoms. The molecule has 0 aliphatic heterocycles. The number of carboxylic acids is 1. The molecule has 0 saturated heterocycles. The highest BCUT2D eigenvalue weighted by molar-refractivity contribution is 7.98. The van der Waals surface area contributed by atoms with Gasteiger partial charge < -0.3 is 14.3 Å². The molecule has 0 spiro atoms. The largest absolute Gasteiger partial charge is 0.481 e. The third kappa shape index (κ3) is 6.02. The average Bonchev–Trinajstić information content (AvgIpc) is 3.35. The maximum Gasteiger partial charge on any atom is 0.321 e. The molecule has 0 amide bonds. The number of ether oxygens (including phenoxy) is 1. The molecule has 39 heavy (non-hydrogen) atoms. The lowest BCUT2D eigenvalue weighted by molar-refractivity contribution is -0.157. The minimum atomic E-state index is -1.14. The second-order valence-electron chi connectivity index (χ2n) is 9.48. The van der Waals surface area contributed by atoms with Crippen LogP contribution in [0, 0.1) is 5.92 Å². The minimum Gasteiger partial charge on any atom is -0.481 e. The second kappa shape index (κ2) is 12.2. The van der Waals surface area contributed by atoms with Gasteiger partial charge in [0.1, 0.15) is 11.2 Å². The Morgan fingerprint density at radius 2 is 1.51 bits per heavy atom. The van der Waals surface area contributed by atoms with E-state index in [4.69, 9.17) is 9.15 Å². The van der Waals surface area contributed by atoms with Gasteiger partial charge in [0.05, 0.1) is 6.61 Å². The number of thioether (sulfide) groups is 1. The predicted octanol–water partition coefficient (Wildman–Crippen LogP) is 8.20. The fourth-order valence-electron chi connectivity index (χ4n) is 4.56. The number of esters is 1. The van der Waals surface area contributed by atoms with Gasteiger partial charge in [-0.05, 0) is 34.7 Å². The van der Waals surface area contributed by atoms with Crippen molar-refractivity contribution in [3.8, 4) is 22.3 Å². The van der Waals surface area contributed by atoms with E-state index in [1.807, 2.05) is 37.3 Å². The number of carbonyl (C=O) groups is 2. The Morgan fingerprint density at radius 1 is 0.846 bits per heavy atom. The lowest BCUT2D eigenvalue weighted by Gasteiger charge is -2.12. The molecule has 1 N–H and O–H groups in total. The molecule has 0 aliphatic carbocycles. The molecule has 0 radical (unpaired) electrons. The second-order valence-corrected chi connectivity index (χ2v) is 10.5. The zero-order chi connectivity index (χ0) is 27.2. The molecule has 5 rings (SSSR count). The van der Waals surface area contributed by atoms with Crippen molar-refractivity contribution in [1.82, 2.24) is 0 Å². The first kappa shape index (κ1) is 26.6. The number of unbranched alkanes of at least 4 members (excludes halogenated alkanes) is 1. The van der Waals surface area contributed by atoms with Gasteiger partial charge in [-0.3, -0.25) is 9.59 Å². The quantitative estimate of drug-likeness (QED) is 0.104. The summed E-state index contributed by atoms with van der Waals surface area (Å²) in [5.41, 5.74) is 7.22. The summed E-state index contributed by atoms with van der Waals surface area (Å²) in [6.07, 6.45) is 1.62. The van der Waals surface area contributed by atoms with E-state index in [-0.39, 0.29) is 12.4 Å². The molecule has 5 nitrogen and oxygen atoms in total. The highest BCUT2D eigenvalue weighted by Crippen LogP contribution is 2.36. The van der Waals surface area contributed by atoms with Crippen LogP contribution < -0.4 is 0 Å². The summed E-state index contributed by atoms with van der Waals surface area (Å²) in [6, 6.07) is 31.0.